The van der Waals surface area contributed by atoms with Crippen LogP contribution < -0.4 is 5.32 Å². The Balaban J connectivity index is 2.11. The molecule has 0 saturated carbocycles. The van der Waals surface area contributed by atoms with E-state index < -0.39 is 0 Å². The minimum absolute atomic E-state index is 0.0187. The SMILES string of the molecule is CNC(=O)C1CCCN(C(=O)c2cnccc2Cl)C1. The van der Waals surface area contributed by atoms with Gasteiger partial charge in [0.05, 0.1) is 16.5 Å². The number of piperidine rings is 1. The van der Waals surface area contributed by atoms with Gasteiger partial charge in [0.1, 0.15) is 0 Å². The van der Waals surface area contributed by atoms with Crippen molar-refractivity contribution < 1.29 is 9.59 Å². The van der Waals surface area contributed by atoms with Gasteiger partial charge in [-0.1, -0.05) is 11.6 Å². The van der Waals surface area contributed by atoms with Gasteiger partial charge >= 0.3 is 0 Å². The van der Waals surface area contributed by atoms with E-state index in [2.05, 4.69) is 10.3 Å². The van der Waals surface area contributed by atoms with Crippen molar-refractivity contribution in [1.82, 2.24) is 15.2 Å². The van der Waals surface area contributed by atoms with Gasteiger partial charge in [-0.2, -0.15) is 0 Å². The summed E-state index contributed by atoms with van der Waals surface area (Å²) in [6, 6.07) is 1.59. The fraction of sp³-hybridized carbons (Fsp3) is 0.462. The molecule has 1 aliphatic heterocycles. The van der Waals surface area contributed by atoms with Crippen LogP contribution >= 0.6 is 11.6 Å². The zero-order valence-corrected chi connectivity index (χ0v) is 11.5. The molecule has 102 valence electrons. The summed E-state index contributed by atoms with van der Waals surface area (Å²) in [5.74, 6) is -0.320. The molecule has 1 aliphatic rings. The lowest BCUT2D eigenvalue weighted by molar-refractivity contribution is -0.125. The van der Waals surface area contributed by atoms with Crippen LogP contribution in [0.15, 0.2) is 18.5 Å². The number of nitrogens with one attached hydrogen (secondary N) is 1. The molecule has 0 spiro atoms. The zero-order chi connectivity index (χ0) is 13.8. The molecular formula is C13H16ClN3O2. The molecule has 0 bridgehead atoms. The van der Waals surface area contributed by atoms with Crippen LogP contribution in [0.3, 0.4) is 0 Å². The third-order valence-electron chi connectivity index (χ3n) is 3.32. The quantitative estimate of drug-likeness (QED) is 0.890. The number of nitrogens with zero attached hydrogens (tertiary/aromatic N) is 2. The molecule has 0 aliphatic carbocycles. The van der Waals surface area contributed by atoms with Gasteiger partial charge in [-0.25, -0.2) is 0 Å². The van der Waals surface area contributed by atoms with Crippen molar-refractivity contribution in [1.29, 1.82) is 0 Å². The zero-order valence-electron chi connectivity index (χ0n) is 10.7. The van der Waals surface area contributed by atoms with Crippen LogP contribution in [0.5, 0.6) is 0 Å². The number of halogens is 1. The molecule has 1 fully saturated rings. The number of hydrogen-bond donors (Lipinski definition) is 1. The lowest BCUT2D eigenvalue weighted by atomic mass is 9.96. The minimum atomic E-state index is -0.160. The fourth-order valence-corrected chi connectivity index (χ4v) is 2.47. The second-order valence-electron chi connectivity index (χ2n) is 4.56. The topological polar surface area (TPSA) is 62.3 Å². The number of aromatic nitrogens is 1. The van der Waals surface area contributed by atoms with Crippen LogP contribution in [0.25, 0.3) is 0 Å². The summed E-state index contributed by atoms with van der Waals surface area (Å²) in [5, 5.41) is 3.02. The van der Waals surface area contributed by atoms with E-state index in [1.807, 2.05) is 0 Å². The van der Waals surface area contributed by atoms with Crippen molar-refractivity contribution in [3.8, 4) is 0 Å². The Bertz CT molecular complexity index is 493. The Hall–Kier alpha value is -1.62. The minimum Gasteiger partial charge on any atom is -0.359 e. The Kier molecular flexibility index (Phi) is 4.37. The summed E-state index contributed by atoms with van der Waals surface area (Å²) in [4.78, 5) is 29.6. The summed E-state index contributed by atoms with van der Waals surface area (Å²) in [5.41, 5.74) is 0.390. The van der Waals surface area contributed by atoms with E-state index in [4.69, 9.17) is 11.6 Å². The largest absolute Gasteiger partial charge is 0.359 e. The molecule has 1 unspecified atom stereocenters. The summed E-state index contributed by atoms with van der Waals surface area (Å²) in [6.07, 6.45) is 4.64. The highest BCUT2D eigenvalue weighted by Gasteiger charge is 2.29. The number of hydrogen-bond acceptors (Lipinski definition) is 3. The maximum atomic E-state index is 12.3. The lowest BCUT2D eigenvalue weighted by Gasteiger charge is -2.31. The molecule has 19 heavy (non-hydrogen) atoms. The molecule has 6 heteroatoms. The number of carbonyl (C=O) groups is 2. The van der Waals surface area contributed by atoms with E-state index >= 15 is 0 Å². The fourth-order valence-electron chi connectivity index (χ4n) is 2.28. The van der Waals surface area contributed by atoms with Crippen LogP contribution in [0, 0.1) is 5.92 Å². The van der Waals surface area contributed by atoms with E-state index in [0.717, 1.165) is 12.8 Å². The number of carbonyl (C=O) groups excluding carboxylic acids is 2. The first-order valence-corrected chi connectivity index (χ1v) is 6.61. The molecule has 1 N–H and O–H groups in total. The highest BCUT2D eigenvalue weighted by atomic mass is 35.5. The first kappa shape index (κ1) is 13.8. The van der Waals surface area contributed by atoms with Gasteiger partial charge in [-0.3, -0.25) is 14.6 Å². The average molecular weight is 282 g/mol. The first-order chi connectivity index (χ1) is 9.13. The number of rotatable bonds is 2. The highest BCUT2D eigenvalue weighted by Crippen LogP contribution is 2.21. The van der Waals surface area contributed by atoms with Gasteiger partial charge in [0.25, 0.3) is 5.91 Å². The van der Waals surface area contributed by atoms with Gasteiger partial charge in [0, 0.05) is 32.5 Å². The molecule has 1 saturated heterocycles. The van der Waals surface area contributed by atoms with E-state index in [1.165, 1.54) is 6.20 Å². The monoisotopic (exact) mass is 281 g/mol. The van der Waals surface area contributed by atoms with E-state index in [1.54, 1.807) is 24.2 Å². The Labute approximate surface area is 117 Å². The molecule has 2 heterocycles. The van der Waals surface area contributed by atoms with Gasteiger partial charge in [-0.05, 0) is 18.9 Å². The van der Waals surface area contributed by atoms with Crippen molar-refractivity contribution in [3.05, 3.63) is 29.0 Å². The van der Waals surface area contributed by atoms with Gasteiger partial charge in [-0.15, -0.1) is 0 Å². The van der Waals surface area contributed by atoms with Crippen LogP contribution in [-0.2, 0) is 4.79 Å². The molecule has 1 atom stereocenters. The summed E-state index contributed by atoms with van der Waals surface area (Å²) >= 11 is 6.00. The third kappa shape index (κ3) is 3.04. The second kappa shape index (κ2) is 6.02. The highest BCUT2D eigenvalue weighted by molar-refractivity contribution is 6.33. The molecule has 1 aromatic heterocycles. The maximum absolute atomic E-state index is 12.3. The van der Waals surface area contributed by atoms with Crippen LogP contribution in [0.1, 0.15) is 23.2 Å². The molecule has 5 nitrogen and oxygen atoms in total. The first-order valence-electron chi connectivity index (χ1n) is 6.24. The molecule has 0 radical (unpaired) electrons. The van der Waals surface area contributed by atoms with Gasteiger partial charge in [0.2, 0.25) is 5.91 Å². The molecule has 1 aromatic rings. The Morgan fingerprint density at radius 1 is 1.53 bits per heavy atom. The van der Waals surface area contributed by atoms with Crippen molar-refractivity contribution in [3.63, 3.8) is 0 Å². The number of likely N-dealkylation sites (tertiary alicyclic amines) is 1. The van der Waals surface area contributed by atoms with Gasteiger partial charge < -0.3 is 10.2 Å². The van der Waals surface area contributed by atoms with Crippen molar-refractivity contribution in [2.24, 2.45) is 5.92 Å². The standard InChI is InChI=1S/C13H16ClN3O2/c1-15-12(18)9-3-2-6-17(8-9)13(19)10-7-16-5-4-11(10)14/h4-5,7,9H,2-3,6,8H2,1H3,(H,15,18). The number of amides is 2. The van der Waals surface area contributed by atoms with E-state index in [-0.39, 0.29) is 17.7 Å². The summed E-state index contributed by atoms with van der Waals surface area (Å²) in [6.45, 7) is 1.08. The lowest BCUT2D eigenvalue weighted by Crippen LogP contribution is -2.44. The van der Waals surface area contributed by atoms with E-state index in [9.17, 15) is 9.59 Å². The Morgan fingerprint density at radius 3 is 3.00 bits per heavy atom. The summed E-state index contributed by atoms with van der Waals surface area (Å²) < 4.78 is 0. The van der Waals surface area contributed by atoms with Gasteiger partial charge in [0.15, 0.2) is 0 Å². The predicted molar refractivity (Wildman–Crippen MR) is 71.9 cm³/mol. The summed E-state index contributed by atoms with van der Waals surface area (Å²) in [7, 11) is 1.61. The molecule has 2 rings (SSSR count). The van der Waals surface area contributed by atoms with E-state index in [0.29, 0.717) is 23.7 Å². The second-order valence-corrected chi connectivity index (χ2v) is 4.97. The van der Waals surface area contributed by atoms with Crippen LogP contribution in [-0.4, -0.2) is 41.8 Å². The third-order valence-corrected chi connectivity index (χ3v) is 3.65. The maximum Gasteiger partial charge on any atom is 0.256 e. The number of pyridine rings is 1. The molecule has 2 amide bonds. The van der Waals surface area contributed by atoms with Crippen LogP contribution in [0.2, 0.25) is 5.02 Å². The smallest absolute Gasteiger partial charge is 0.256 e. The Morgan fingerprint density at radius 2 is 2.32 bits per heavy atom. The van der Waals surface area contributed by atoms with Crippen LogP contribution in [0.4, 0.5) is 0 Å². The molecule has 0 aromatic carbocycles. The molecular weight excluding hydrogens is 266 g/mol. The van der Waals surface area contributed by atoms with Crippen molar-refractivity contribution in [2.75, 3.05) is 20.1 Å². The average Bonchev–Trinajstić information content (AvgIpc) is 2.46. The predicted octanol–water partition coefficient (Wildman–Crippen LogP) is 1.33. The normalized spacial score (nSPS) is 19.1. The van der Waals surface area contributed by atoms with Crippen molar-refractivity contribution >= 4 is 23.4 Å². The van der Waals surface area contributed by atoms with Crippen molar-refractivity contribution in [2.45, 2.75) is 12.8 Å².